The minimum atomic E-state index is -0.0959. The first-order chi connectivity index (χ1) is 15.7. The van der Waals surface area contributed by atoms with E-state index in [1.165, 1.54) is 0 Å². The van der Waals surface area contributed by atoms with Gasteiger partial charge in [0.1, 0.15) is 12.3 Å². The highest BCUT2D eigenvalue weighted by Crippen LogP contribution is 2.24. The van der Waals surface area contributed by atoms with Crippen LogP contribution in [-0.4, -0.2) is 29.1 Å². The van der Waals surface area contributed by atoms with E-state index in [1.807, 2.05) is 77.5 Å². The molecule has 0 aliphatic heterocycles. The van der Waals surface area contributed by atoms with Crippen molar-refractivity contribution >= 4 is 38.6 Å². The molecule has 0 spiro atoms. The number of nitrogens with zero attached hydrogens (tertiary/aromatic N) is 1. The molecule has 0 saturated carbocycles. The number of para-hydroxylation sites is 2. The van der Waals surface area contributed by atoms with Crippen LogP contribution in [0, 0.1) is 0 Å². The van der Waals surface area contributed by atoms with E-state index in [-0.39, 0.29) is 17.9 Å². The van der Waals surface area contributed by atoms with Gasteiger partial charge in [0.2, 0.25) is 5.91 Å². The zero-order valence-corrected chi connectivity index (χ0v) is 17.7. The maximum atomic E-state index is 12.9. The summed E-state index contributed by atoms with van der Waals surface area (Å²) < 4.78 is 7.24. The summed E-state index contributed by atoms with van der Waals surface area (Å²) in [4.78, 5) is 29.0. The van der Waals surface area contributed by atoms with E-state index >= 15 is 0 Å². The summed E-state index contributed by atoms with van der Waals surface area (Å²) in [6, 6.07) is 20.8. The fraction of sp³-hybridized carbons (Fsp3) is 0.154. The molecular formula is C26H23N3O3. The quantitative estimate of drug-likeness (QED) is 0.404. The van der Waals surface area contributed by atoms with Gasteiger partial charge >= 0.3 is 0 Å². The number of aromatic amines is 1. The Labute approximate surface area is 184 Å². The molecule has 3 aromatic carbocycles. The van der Waals surface area contributed by atoms with Gasteiger partial charge < -0.3 is 19.6 Å². The number of hydrogen-bond acceptors (Lipinski definition) is 3. The number of aromatic nitrogens is 2. The molecule has 160 valence electrons. The molecule has 0 aliphatic rings. The van der Waals surface area contributed by atoms with Gasteiger partial charge in [-0.2, -0.15) is 0 Å². The van der Waals surface area contributed by atoms with Crippen LogP contribution in [0.5, 0.6) is 5.75 Å². The van der Waals surface area contributed by atoms with E-state index < -0.39 is 0 Å². The highest BCUT2D eigenvalue weighted by molar-refractivity contribution is 5.95. The van der Waals surface area contributed by atoms with Crippen LogP contribution in [0.1, 0.15) is 5.56 Å². The Balaban J connectivity index is 1.37. The Bertz CT molecular complexity index is 1450. The summed E-state index contributed by atoms with van der Waals surface area (Å²) in [5.74, 6) is 0.709. The van der Waals surface area contributed by atoms with Crippen molar-refractivity contribution in [1.82, 2.24) is 14.9 Å². The van der Waals surface area contributed by atoms with E-state index in [4.69, 9.17) is 4.74 Å². The average molecular weight is 425 g/mol. The smallest absolute Gasteiger partial charge is 0.239 e. The van der Waals surface area contributed by atoms with Gasteiger partial charge in [0.25, 0.3) is 0 Å². The number of carbonyl (C=O) groups is 1. The Morgan fingerprint density at radius 3 is 2.34 bits per heavy atom. The van der Waals surface area contributed by atoms with E-state index in [1.54, 1.807) is 7.11 Å². The summed E-state index contributed by atoms with van der Waals surface area (Å²) in [6.07, 6.45) is 2.67. The normalized spacial score (nSPS) is 11.3. The number of fused-ring (bicyclic) bond motifs is 3. The largest absolute Gasteiger partial charge is 0.497 e. The minimum Gasteiger partial charge on any atom is -0.497 e. The second-order valence-electron chi connectivity index (χ2n) is 7.77. The van der Waals surface area contributed by atoms with Gasteiger partial charge in [-0.05, 0) is 54.4 Å². The predicted octanol–water partition coefficient (Wildman–Crippen LogP) is 4.00. The standard InChI is InChI=1S/C26H23N3O3/c1-32-18-10-11-22-21(14-18)17(15-28-22)12-13-27-25(30)16-29-23-8-4-2-6-19(23)26(31)20-7-3-5-9-24(20)29/h2-11,14-15,28H,12-13,16H2,1H3,(H,27,30). The average Bonchev–Trinajstić information content (AvgIpc) is 3.24. The van der Waals surface area contributed by atoms with Crippen molar-refractivity contribution in [3.8, 4) is 5.75 Å². The van der Waals surface area contributed by atoms with Crippen LogP contribution in [0.4, 0.5) is 0 Å². The van der Waals surface area contributed by atoms with Crippen molar-refractivity contribution in [1.29, 1.82) is 0 Å². The van der Waals surface area contributed by atoms with Gasteiger partial charge in [-0.1, -0.05) is 24.3 Å². The number of nitrogens with one attached hydrogen (secondary N) is 2. The van der Waals surface area contributed by atoms with Crippen molar-refractivity contribution in [2.45, 2.75) is 13.0 Å². The topological polar surface area (TPSA) is 76.1 Å². The predicted molar refractivity (Wildman–Crippen MR) is 127 cm³/mol. The molecule has 0 atom stereocenters. The van der Waals surface area contributed by atoms with Crippen LogP contribution in [0.2, 0.25) is 0 Å². The molecule has 32 heavy (non-hydrogen) atoms. The lowest BCUT2D eigenvalue weighted by atomic mass is 10.1. The molecule has 0 saturated heterocycles. The lowest BCUT2D eigenvalue weighted by molar-refractivity contribution is -0.121. The minimum absolute atomic E-state index is 0.0115. The molecule has 1 amide bonds. The highest BCUT2D eigenvalue weighted by atomic mass is 16.5. The molecule has 5 aromatic rings. The first-order valence-corrected chi connectivity index (χ1v) is 10.6. The summed E-state index contributed by atoms with van der Waals surface area (Å²) in [6.45, 7) is 0.655. The monoisotopic (exact) mass is 425 g/mol. The molecule has 2 heterocycles. The molecule has 0 aliphatic carbocycles. The molecule has 6 heteroatoms. The molecule has 6 nitrogen and oxygen atoms in total. The maximum Gasteiger partial charge on any atom is 0.239 e. The maximum absolute atomic E-state index is 12.9. The molecule has 2 aromatic heterocycles. The molecule has 2 N–H and O–H groups in total. The van der Waals surface area contributed by atoms with Crippen LogP contribution in [0.25, 0.3) is 32.7 Å². The lowest BCUT2D eigenvalue weighted by Crippen LogP contribution is -2.30. The number of rotatable bonds is 6. The third-order valence-corrected chi connectivity index (χ3v) is 5.87. The number of methoxy groups -OCH3 is 1. The Morgan fingerprint density at radius 2 is 1.66 bits per heavy atom. The van der Waals surface area contributed by atoms with E-state index in [0.717, 1.165) is 33.2 Å². The number of ether oxygens (including phenoxy) is 1. The van der Waals surface area contributed by atoms with Gasteiger partial charge in [-0.15, -0.1) is 0 Å². The molecule has 0 radical (unpaired) electrons. The molecule has 0 unspecified atom stereocenters. The summed E-state index contributed by atoms with van der Waals surface area (Å²) in [7, 11) is 1.65. The number of pyridine rings is 1. The van der Waals surface area contributed by atoms with Crippen LogP contribution >= 0.6 is 0 Å². The SMILES string of the molecule is COc1ccc2[nH]cc(CCNC(=O)Cn3c4ccccc4c(=O)c4ccccc43)c2c1. The summed E-state index contributed by atoms with van der Waals surface area (Å²) in [5.41, 5.74) is 3.67. The number of hydrogen-bond donors (Lipinski definition) is 2. The second-order valence-corrected chi connectivity index (χ2v) is 7.77. The zero-order chi connectivity index (χ0) is 22.1. The third kappa shape index (κ3) is 3.50. The van der Waals surface area contributed by atoms with Crippen molar-refractivity contribution in [2.75, 3.05) is 13.7 Å². The molecule has 0 bridgehead atoms. The number of benzene rings is 3. The first-order valence-electron chi connectivity index (χ1n) is 10.6. The van der Waals surface area contributed by atoms with E-state index in [2.05, 4.69) is 10.3 Å². The fourth-order valence-corrected chi connectivity index (χ4v) is 4.27. The van der Waals surface area contributed by atoms with Crippen molar-refractivity contribution < 1.29 is 9.53 Å². The van der Waals surface area contributed by atoms with E-state index in [9.17, 15) is 9.59 Å². The molecule has 0 fully saturated rings. The Hall–Kier alpha value is -4.06. The zero-order valence-electron chi connectivity index (χ0n) is 17.7. The van der Waals surface area contributed by atoms with Crippen LogP contribution in [0.15, 0.2) is 77.7 Å². The van der Waals surface area contributed by atoms with Crippen LogP contribution in [-0.2, 0) is 17.8 Å². The number of carbonyl (C=O) groups excluding carboxylic acids is 1. The summed E-state index contributed by atoms with van der Waals surface area (Å²) >= 11 is 0. The van der Waals surface area contributed by atoms with Gasteiger partial charge in [-0.3, -0.25) is 9.59 Å². The number of amides is 1. The van der Waals surface area contributed by atoms with E-state index in [0.29, 0.717) is 23.7 Å². The van der Waals surface area contributed by atoms with Gasteiger partial charge in [0, 0.05) is 34.4 Å². The van der Waals surface area contributed by atoms with Gasteiger partial charge in [-0.25, -0.2) is 0 Å². The van der Waals surface area contributed by atoms with Crippen LogP contribution in [0.3, 0.4) is 0 Å². The Kier molecular flexibility index (Phi) is 5.11. The van der Waals surface area contributed by atoms with Crippen molar-refractivity contribution in [3.63, 3.8) is 0 Å². The fourth-order valence-electron chi connectivity index (χ4n) is 4.27. The second kappa shape index (κ2) is 8.23. The van der Waals surface area contributed by atoms with Gasteiger partial charge in [0.15, 0.2) is 5.43 Å². The highest BCUT2D eigenvalue weighted by Gasteiger charge is 2.13. The first kappa shape index (κ1) is 19.9. The van der Waals surface area contributed by atoms with Crippen molar-refractivity contribution in [2.24, 2.45) is 0 Å². The molecule has 5 rings (SSSR count). The lowest BCUT2D eigenvalue weighted by Gasteiger charge is -2.15. The van der Waals surface area contributed by atoms with Crippen LogP contribution < -0.4 is 15.5 Å². The summed E-state index contributed by atoms with van der Waals surface area (Å²) in [5, 5.41) is 5.35. The third-order valence-electron chi connectivity index (χ3n) is 5.87. The number of H-pyrrole nitrogens is 1. The Morgan fingerprint density at radius 1 is 0.969 bits per heavy atom. The molecular weight excluding hydrogens is 402 g/mol. The van der Waals surface area contributed by atoms with Crippen molar-refractivity contribution in [3.05, 3.63) is 88.7 Å². The van der Waals surface area contributed by atoms with Gasteiger partial charge in [0.05, 0.1) is 18.1 Å².